The van der Waals surface area contributed by atoms with Crippen molar-refractivity contribution in [2.24, 2.45) is 4.99 Å². The molecule has 0 aliphatic carbocycles. The van der Waals surface area contributed by atoms with Gasteiger partial charge in [0.15, 0.2) is 4.80 Å². The summed E-state index contributed by atoms with van der Waals surface area (Å²) in [6.45, 7) is 7.21. The van der Waals surface area contributed by atoms with Gasteiger partial charge >= 0.3 is 5.97 Å². The molecule has 0 fully saturated rings. The number of unbranched alkanes of at least 4 members (excludes halogenated alkanes) is 1. The van der Waals surface area contributed by atoms with E-state index in [4.69, 9.17) is 4.74 Å². The van der Waals surface area contributed by atoms with Crippen LogP contribution in [-0.2, 0) is 21.3 Å². The third kappa shape index (κ3) is 5.29. The quantitative estimate of drug-likeness (QED) is 0.410. The van der Waals surface area contributed by atoms with E-state index in [2.05, 4.69) is 4.99 Å². The van der Waals surface area contributed by atoms with Crippen LogP contribution in [-0.4, -0.2) is 49.4 Å². The number of methoxy groups -OCH3 is 1. The van der Waals surface area contributed by atoms with E-state index in [0.29, 0.717) is 35.6 Å². The largest absolute Gasteiger partial charge is 0.465 e. The first kappa shape index (κ1) is 25.8. The number of sulfonamides is 1. The Morgan fingerprint density at radius 2 is 1.74 bits per heavy atom. The number of esters is 1. The Kier molecular flexibility index (Phi) is 8.40. The average Bonchev–Trinajstić information content (AvgIpc) is 3.19. The molecule has 8 nitrogen and oxygen atoms in total. The minimum atomic E-state index is -3.61. The van der Waals surface area contributed by atoms with Crippen LogP contribution in [0.4, 0.5) is 0 Å². The van der Waals surface area contributed by atoms with Gasteiger partial charge in [0.25, 0.3) is 5.91 Å². The molecule has 0 unspecified atom stereocenters. The van der Waals surface area contributed by atoms with Gasteiger partial charge in [-0.2, -0.15) is 9.30 Å². The summed E-state index contributed by atoms with van der Waals surface area (Å²) >= 11 is 1.30. The summed E-state index contributed by atoms with van der Waals surface area (Å²) in [6, 6.07) is 11.1. The fraction of sp³-hybridized carbons (Fsp3) is 0.375. The molecule has 0 spiro atoms. The van der Waals surface area contributed by atoms with Gasteiger partial charge in [-0.3, -0.25) is 4.79 Å². The Morgan fingerprint density at radius 3 is 2.32 bits per heavy atom. The molecule has 1 aromatic heterocycles. The summed E-state index contributed by atoms with van der Waals surface area (Å²) in [5.74, 6) is -0.900. The van der Waals surface area contributed by atoms with Crippen LogP contribution in [0.15, 0.2) is 52.4 Å². The number of carbonyl (C=O) groups is 2. The first-order valence-corrected chi connectivity index (χ1v) is 13.4. The van der Waals surface area contributed by atoms with Crippen molar-refractivity contribution < 1.29 is 22.7 Å². The number of hydrogen-bond donors (Lipinski definition) is 0. The van der Waals surface area contributed by atoms with Gasteiger partial charge in [0.1, 0.15) is 0 Å². The predicted octanol–water partition coefficient (Wildman–Crippen LogP) is 4.06. The van der Waals surface area contributed by atoms with Crippen molar-refractivity contribution in [3.63, 3.8) is 0 Å². The van der Waals surface area contributed by atoms with Gasteiger partial charge in [-0.25, -0.2) is 13.2 Å². The monoisotopic (exact) mass is 503 g/mol. The summed E-state index contributed by atoms with van der Waals surface area (Å²) in [5.41, 5.74) is 1.58. The Balaban J connectivity index is 1.93. The second-order valence-electron chi connectivity index (χ2n) is 7.59. The summed E-state index contributed by atoms with van der Waals surface area (Å²) < 4.78 is 34.7. The zero-order chi connectivity index (χ0) is 24.9. The second-order valence-corrected chi connectivity index (χ2v) is 10.5. The molecule has 0 aliphatic heterocycles. The van der Waals surface area contributed by atoms with Gasteiger partial charge in [-0.15, -0.1) is 0 Å². The normalized spacial score (nSPS) is 12.4. The number of carbonyl (C=O) groups excluding carboxylic acids is 2. The standard InChI is InChI=1S/C24H29N3O5S2/c1-5-8-15-26(6-2)34(30,31)19-12-9-17(10-13-19)22(28)25-24-27(7-3)20-14-11-18(23(29)32-4)16-21(20)33-24/h9-14,16H,5-8,15H2,1-4H3. The number of hydrogen-bond acceptors (Lipinski definition) is 6. The fourth-order valence-electron chi connectivity index (χ4n) is 3.56. The third-order valence-corrected chi connectivity index (χ3v) is 8.50. The first-order chi connectivity index (χ1) is 16.3. The van der Waals surface area contributed by atoms with E-state index in [9.17, 15) is 18.0 Å². The van der Waals surface area contributed by atoms with Gasteiger partial charge in [0, 0.05) is 25.2 Å². The Morgan fingerprint density at radius 1 is 1.06 bits per heavy atom. The lowest BCUT2D eigenvalue weighted by Crippen LogP contribution is -2.31. The molecule has 0 saturated carbocycles. The summed E-state index contributed by atoms with van der Waals surface area (Å²) in [4.78, 5) is 29.6. The average molecular weight is 504 g/mol. The topological polar surface area (TPSA) is 98.0 Å². The molecule has 0 aliphatic rings. The van der Waals surface area contributed by atoms with Crippen LogP contribution < -0.4 is 4.80 Å². The lowest BCUT2D eigenvalue weighted by Gasteiger charge is -2.20. The summed E-state index contributed by atoms with van der Waals surface area (Å²) in [7, 11) is -2.29. The maximum atomic E-state index is 12.9. The van der Waals surface area contributed by atoms with Crippen LogP contribution in [0, 0.1) is 0 Å². The lowest BCUT2D eigenvalue weighted by atomic mass is 10.2. The van der Waals surface area contributed by atoms with Crippen LogP contribution in [0.5, 0.6) is 0 Å². The molecule has 0 saturated heterocycles. The van der Waals surface area contributed by atoms with E-state index in [0.717, 1.165) is 23.1 Å². The van der Waals surface area contributed by atoms with E-state index < -0.39 is 21.9 Å². The highest BCUT2D eigenvalue weighted by molar-refractivity contribution is 7.89. The van der Waals surface area contributed by atoms with Crippen LogP contribution in [0.1, 0.15) is 54.3 Å². The molecule has 10 heteroatoms. The zero-order valence-electron chi connectivity index (χ0n) is 19.8. The molecular formula is C24H29N3O5S2. The van der Waals surface area contributed by atoms with E-state index in [-0.39, 0.29) is 4.90 Å². The van der Waals surface area contributed by atoms with E-state index in [1.807, 2.05) is 31.4 Å². The molecule has 0 radical (unpaired) electrons. The summed E-state index contributed by atoms with van der Waals surface area (Å²) in [6.07, 6.45) is 1.69. The number of ether oxygens (including phenoxy) is 1. The molecule has 1 amide bonds. The second kappa shape index (κ2) is 11.1. The molecule has 0 atom stereocenters. The minimum Gasteiger partial charge on any atom is -0.465 e. The van der Waals surface area contributed by atoms with E-state index in [1.165, 1.54) is 47.0 Å². The third-order valence-electron chi connectivity index (χ3n) is 5.47. The first-order valence-electron chi connectivity index (χ1n) is 11.2. The molecule has 0 N–H and O–H groups in total. The van der Waals surface area contributed by atoms with Gasteiger partial charge < -0.3 is 9.30 Å². The molecule has 3 rings (SSSR count). The molecule has 0 bridgehead atoms. The molecule has 2 aromatic carbocycles. The Hall–Kier alpha value is -2.82. The highest BCUT2D eigenvalue weighted by Crippen LogP contribution is 2.21. The highest BCUT2D eigenvalue weighted by Gasteiger charge is 2.22. The number of nitrogens with zero attached hydrogens (tertiary/aromatic N) is 3. The number of rotatable bonds is 9. The van der Waals surface area contributed by atoms with Crippen molar-refractivity contribution in [2.45, 2.75) is 45.1 Å². The number of aryl methyl sites for hydroxylation is 1. The number of aromatic nitrogens is 1. The van der Waals surface area contributed by atoms with Crippen LogP contribution in [0.3, 0.4) is 0 Å². The molecule has 1 heterocycles. The zero-order valence-corrected chi connectivity index (χ0v) is 21.4. The highest BCUT2D eigenvalue weighted by atomic mass is 32.2. The van der Waals surface area contributed by atoms with Gasteiger partial charge in [-0.05, 0) is 55.8 Å². The van der Waals surface area contributed by atoms with Crippen LogP contribution in [0.2, 0.25) is 0 Å². The summed E-state index contributed by atoms with van der Waals surface area (Å²) in [5, 5.41) is 0. The van der Waals surface area contributed by atoms with Crippen molar-refractivity contribution in [3.8, 4) is 0 Å². The van der Waals surface area contributed by atoms with Gasteiger partial charge in [-0.1, -0.05) is 31.6 Å². The maximum absolute atomic E-state index is 12.9. The number of fused-ring (bicyclic) bond motifs is 1. The van der Waals surface area contributed by atoms with Crippen molar-refractivity contribution in [3.05, 3.63) is 58.4 Å². The molecule has 182 valence electrons. The van der Waals surface area contributed by atoms with Crippen LogP contribution in [0.25, 0.3) is 10.2 Å². The Bertz CT molecular complexity index is 1360. The van der Waals surface area contributed by atoms with Crippen molar-refractivity contribution in [1.82, 2.24) is 8.87 Å². The van der Waals surface area contributed by atoms with Crippen molar-refractivity contribution >= 4 is 43.5 Å². The van der Waals surface area contributed by atoms with Gasteiger partial charge in [0.2, 0.25) is 10.0 Å². The number of benzene rings is 2. The molecule has 3 aromatic rings. The Labute approximate surface area is 203 Å². The van der Waals surface area contributed by atoms with Crippen molar-refractivity contribution in [2.75, 3.05) is 20.2 Å². The number of amides is 1. The van der Waals surface area contributed by atoms with Gasteiger partial charge in [0.05, 0.1) is 27.8 Å². The lowest BCUT2D eigenvalue weighted by molar-refractivity contribution is 0.0600. The van der Waals surface area contributed by atoms with E-state index in [1.54, 1.807) is 12.1 Å². The minimum absolute atomic E-state index is 0.155. The van der Waals surface area contributed by atoms with Crippen molar-refractivity contribution in [1.29, 1.82) is 0 Å². The van der Waals surface area contributed by atoms with E-state index >= 15 is 0 Å². The smallest absolute Gasteiger partial charge is 0.337 e. The molecular weight excluding hydrogens is 474 g/mol. The molecule has 34 heavy (non-hydrogen) atoms. The number of thiazole rings is 1. The fourth-order valence-corrected chi connectivity index (χ4v) is 6.18. The van der Waals surface area contributed by atoms with Crippen LogP contribution >= 0.6 is 11.3 Å². The SMILES string of the molecule is CCCCN(CC)S(=O)(=O)c1ccc(C(=O)N=c2sc3cc(C(=O)OC)ccc3n2CC)cc1. The maximum Gasteiger partial charge on any atom is 0.337 e. The predicted molar refractivity (Wildman–Crippen MR) is 133 cm³/mol.